The standard InChI is InChI=1S/C19H24ClN5O/c1-4-22-18(21)25-7-5-13(6-8-25)19(2,3)17(26)15-10-14(20)9-12-11-23-24-16(12)15/h1,9-11,13,17,26H,5-8H2,2-3H3,(H2,21,22)(H,23,24). The third-order valence-corrected chi connectivity index (χ3v) is 5.81. The van der Waals surface area contributed by atoms with Crippen molar-refractivity contribution < 1.29 is 5.11 Å². The highest BCUT2D eigenvalue weighted by molar-refractivity contribution is 6.31. The summed E-state index contributed by atoms with van der Waals surface area (Å²) in [6.45, 7) is 5.74. The zero-order valence-corrected chi connectivity index (χ0v) is 15.8. The molecule has 1 unspecified atom stereocenters. The van der Waals surface area contributed by atoms with Crippen molar-refractivity contribution in [3.63, 3.8) is 0 Å². The van der Waals surface area contributed by atoms with Gasteiger partial charge in [-0.05, 0) is 36.3 Å². The van der Waals surface area contributed by atoms with Crippen LogP contribution in [0.4, 0.5) is 0 Å². The molecule has 7 heteroatoms. The number of aromatic nitrogens is 2. The number of fused-ring (bicyclic) bond motifs is 1. The van der Waals surface area contributed by atoms with E-state index in [0.717, 1.165) is 42.4 Å². The van der Waals surface area contributed by atoms with Crippen molar-refractivity contribution in [2.45, 2.75) is 32.8 Å². The van der Waals surface area contributed by atoms with E-state index in [1.807, 2.05) is 17.0 Å². The van der Waals surface area contributed by atoms with E-state index >= 15 is 0 Å². The summed E-state index contributed by atoms with van der Waals surface area (Å²) < 4.78 is 0. The molecule has 3 rings (SSSR count). The molecule has 1 aromatic carbocycles. The predicted octanol–water partition coefficient (Wildman–Crippen LogP) is 2.89. The lowest BCUT2D eigenvalue weighted by Gasteiger charge is -2.43. The van der Waals surface area contributed by atoms with E-state index < -0.39 is 6.10 Å². The maximum absolute atomic E-state index is 11.2. The molecule has 2 aromatic rings. The number of likely N-dealkylation sites (tertiary alicyclic amines) is 1. The second-order valence-corrected chi connectivity index (χ2v) is 7.85. The van der Waals surface area contributed by atoms with E-state index in [9.17, 15) is 5.11 Å². The molecule has 0 bridgehead atoms. The molecular formula is C19H24ClN5O. The van der Waals surface area contributed by atoms with Gasteiger partial charge < -0.3 is 15.7 Å². The molecule has 0 amide bonds. The van der Waals surface area contributed by atoms with Gasteiger partial charge in [0.2, 0.25) is 5.96 Å². The zero-order chi connectivity index (χ0) is 18.9. The van der Waals surface area contributed by atoms with Crippen molar-refractivity contribution >= 4 is 28.5 Å². The molecule has 4 N–H and O–H groups in total. The van der Waals surface area contributed by atoms with Gasteiger partial charge in [0, 0.05) is 35.1 Å². The van der Waals surface area contributed by atoms with Crippen LogP contribution in [-0.2, 0) is 0 Å². The second-order valence-electron chi connectivity index (χ2n) is 7.41. The van der Waals surface area contributed by atoms with E-state index in [-0.39, 0.29) is 5.41 Å². The minimum absolute atomic E-state index is 0.323. The monoisotopic (exact) mass is 373 g/mol. The van der Waals surface area contributed by atoms with Gasteiger partial charge >= 0.3 is 0 Å². The number of aliphatic imine (C=N–C) groups is 1. The van der Waals surface area contributed by atoms with Crippen LogP contribution in [0.25, 0.3) is 10.9 Å². The first-order chi connectivity index (χ1) is 12.3. The number of aliphatic hydroxyl groups is 1. The average Bonchev–Trinajstić information content (AvgIpc) is 3.09. The smallest absolute Gasteiger partial charge is 0.205 e. The molecule has 1 aromatic heterocycles. The second kappa shape index (κ2) is 7.18. The van der Waals surface area contributed by atoms with Crippen molar-refractivity contribution in [2.75, 3.05) is 13.1 Å². The van der Waals surface area contributed by atoms with Crippen LogP contribution in [0, 0.1) is 23.8 Å². The first-order valence-corrected chi connectivity index (χ1v) is 9.06. The van der Waals surface area contributed by atoms with Crippen molar-refractivity contribution in [3.8, 4) is 12.5 Å². The molecule has 0 spiro atoms. The number of H-pyrrole nitrogens is 1. The Kier molecular flexibility index (Phi) is 5.12. The number of aromatic amines is 1. The van der Waals surface area contributed by atoms with E-state index in [0.29, 0.717) is 16.9 Å². The molecule has 26 heavy (non-hydrogen) atoms. The summed E-state index contributed by atoms with van der Waals surface area (Å²) >= 11 is 6.24. The first kappa shape index (κ1) is 18.6. The lowest BCUT2D eigenvalue weighted by atomic mass is 9.68. The van der Waals surface area contributed by atoms with Crippen LogP contribution in [0.2, 0.25) is 5.02 Å². The summed E-state index contributed by atoms with van der Waals surface area (Å²) in [7, 11) is 0. The number of guanidine groups is 1. The number of nitrogens with two attached hydrogens (primary N) is 1. The van der Waals surface area contributed by atoms with Crippen LogP contribution in [0.15, 0.2) is 23.3 Å². The van der Waals surface area contributed by atoms with E-state index in [2.05, 4.69) is 35.1 Å². The summed E-state index contributed by atoms with van der Waals surface area (Å²) in [5.41, 5.74) is 7.16. The fraction of sp³-hybridized carbons (Fsp3) is 0.474. The van der Waals surface area contributed by atoms with Crippen LogP contribution in [-0.4, -0.2) is 39.3 Å². The SMILES string of the molecule is C#CN=C(N)N1CCC(C(C)(C)C(O)c2cc(Cl)cc3cn[nH]c23)CC1. The van der Waals surface area contributed by atoms with Gasteiger partial charge in [0.15, 0.2) is 0 Å². The van der Waals surface area contributed by atoms with Gasteiger partial charge in [0.1, 0.15) is 0 Å². The van der Waals surface area contributed by atoms with Gasteiger partial charge in [-0.25, -0.2) is 0 Å². The quantitative estimate of drug-likeness (QED) is 0.438. The predicted molar refractivity (Wildman–Crippen MR) is 105 cm³/mol. The Morgan fingerprint density at radius 1 is 1.50 bits per heavy atom. The third kappa shape index (κ3) is 3.37. The van der Waals surface area contributed by atoms with Crippen LogP contribution in [0.3, 0.4) is 0 Å². The number of aliphatic hydroxyl groups excluding tert-OH is 1. The largest absolute Gasteiger partial charge is 0.388 e. The van der Waals surface area contributed by atoms with E-state index in [1.165, 1.54) is 0 Å². The molecule has 1 aliphatic rings. The number of benzene rings is 1. The van der Waals surface area contributed by atoms with Crippen molar-refractivity contribution in [3.05, 3.63) is 28.9 Å². The van der Waals surface area contributed by atoms with Crippen molar-refractivity contribution in [2.24, 2.45) is 22.1 Å². The Morgan fingerprint density at radius 3 is 2.85 bits per heavy atom. The summed E-state index contributed by atoms with van der Waals surface area (Å²) in [6, 6.07) is 5.89. The lowest BCUT2D eigenvalue weighted by Crippen LogP contribution is -2.46. The molecule has 0 saturated carbocycles. The van der Waals surface area contributed by atoms with Gasteiger partial charge in [-0.1, -0.05) is 31.9 Å². The number of piperidine rings is 1. The Balaban J connectivity index is 1.81. The Hall–Kier alpha value is -2.23. The normalized spacial score (nSPS) is 18.1. The number of halogens is 1. The fourth-order valence-corrected chi connectivity index (χ4v) is 4.11. The summed E-state index contributed by atoms with van der Waals surface area (Å²) in [5.74, 6) is 0.711. The van der Waals surface area contributed by atoms with Crippen molar-refractivity contribution in [1.29, 1.82) is 0 Å². The molecule has 0 radical (unpaired) electrons. The number of nitrogens with one attached hydrogen (secondary N) is 1. The minimum atomic E-state index is -0.669. The Labute approximate surface area is 158 Å². The lowest BCUT2D eigenvalue weighted by molar-refractivity contribution is -0.0124. The third-order valence-electron chi connectivity index (χ3n) is 5.59. The molecule has 1 saturated heterocycles. The maximum atomic E-state index is 11.2. The summed E-state index contributed by atoms with van der Waals surface area (Å²) in [6.07, 6.45) is 8.04. The average molecular weight is 374 g/mol. The molecule has 2 heterocycles. The highest BCUT2D eigenvalue weighted by Gasteiger charge is 2.40. The van der Waals surface area contributed by atoms with Gasteiger partial charge in [-0.15, -0.1) is 0 Å². The summed E-state index contributed by atoms with van der Waals surface area (Å²) in [4.78, 5) is 5.82. The van der Waals surface area contributed by atoms with Crippen LogP contribution >= 0.6 is 11.6 Å². The van der Waals surface area contributed by atoms with Gasteiger partial charge in [0.25, 0.3) is 0 Å². The Bertz CT molecular complexity index is 858. The van der Waals surface area contributed by atoms with Crippen LogP contribution in [0.5, 0.6) is 0 Å². The molecule has 6 nitrogen and oxygen atoms in total. The van der Waals surface area contributed by atoms with Gasteiger partial charge in [-0.3, -0.25) is 5.10 Å². The number of hydrogen-bond acceptors (Lipinski definition) is 3. The minimum Gasteiger partial charge on any atom is -0.388 e. The van der Waals surface area contributed by atoms with Crippen LogP contribution in [0.1, 0.15) is 38.4 Å². The fourth-order valence-electron chi connectivity index (χ4n) is 3.88. The molecule has 1 fully saturated rings. The molecule has 1 aliphatic heterocycles. The zero-order valence-electron chi connectivity index (χ0n) is 15.0. The van der Waals surface area contributed by atoms with Crippen LogP contribution < -0.4 is 5.73 Å². The molecule has 1 atom stereocenters. The van der Waals surface area contributed by atoms with Crippen molar-refractivity contribution in [1.82, 2.24) is 15.1 Å². The highest BCUT2D eigenvalue weighted by Crippen LogP contribution is 2.46. The molecular weight excluding hydrogens is 350 g/mol. The molecule has 0 aliphatic carbocycles. The first-order valence-electron chi connectivity index (χ1n) is 8.69. The Morgan fingerprint density at radius 2 is 2.19 bits per heavy atom. The number of hydrogen-bond donors (Lipinski definition) is 3. The topological polar surface area (TPSA) is 90.5 Å². The summed E-state index contributed by atoms with van der Waals surface area (Å²) in [5, 5.41) is 19.8. The maximum Gasteiger partial charge on any atom is 0.205 e. The number of nitrogens with zero attached hydrogens (tertiary/aromatic N) is 3. The van der Waals surface area contributed by atoms with Gasteiger partial charge in [-0.2, -0.15) is 10.1 Å². The van der Waals surface area contributed by atoms with E-state index in [4.69, 9.17) is 23.8 Å². The van der Waals surface area contributed by atoms with Gasteiger partial charge in [0.05, 0.1) is 17.8 Å². The van der Waals surface area contributed by atoms with E-state index in [1.54, 1.807) is 6.20 Å². The number of rotatable bonds is 3. The highest BCUT2D eigenvalue weighted by atomic mass is 35.5. The number of terminal acetylenes is 1. The molecule has 138 valence electrons.